The molecule has 1 aromatic rings. The number of aromatic hydroxyl groups is 2. The van der Waals surface area contributed by atoms with Gasteiger partial charge < -0.3 is 30.3 Å². The number of carboxylic acid groups (broad SMARTS) is 1. The lowest BCUT2D eigenvalue weighted by atomic mass is 10.2. The Kier molecular flexibility index (Phi) is 5.70. The first kappa shape index (κ1) is 16.5. The third-order valence-corrected chi connectivity index (χ3v) is 2.43. The minimum Gasteiger partial charge on any atom is -0.504 e. The number of aliphatic carboxylic acids is 1. The monoisotopic (exact) mass is 298 g/mol. The molecular formula is C13H14O8. The van der Waals surface area contributed by atoms with Gasteiger partial charge in [-0.2, -0.15) is 0 Å². The zero-order chi connectivity index (χ0) is 16.0. The molecule has 0 aliphatic carbocycles. The van der Waals surface area contributed by atoms with Gasteiger partial charge in [0.15, 0.2) is 11.5 Å². The van der Waals surface area contributed by atoms with Crippen LogP contribution in [0.5, 0.6) is 11.5 Å². The zero-order valence-corrected chi connectivity index (χ0v) is 10.7. The van der Waals surface area contributed by atoms with Gasteiger partial charge in [-0.25, -0.2) is 9.59 Å². The van der Waals surface area contributed by atoms with E-state index in [1.54, 1.807) is 0 Å². The predicted octanol–water partition coefficient (Wildman–Crippen LogP) is -0.539. The van der Waals surface area contributed by atoms with Crippen LogP contribution in [0, 0.1) is 0 Å². The van der Waals surface area contributed by atoms with E-state index in [0.29, 0.717) is 5.56 Å². The fourth-order valence-corrected chi connectivity index (χ4v) is 1.36. The van der Waals surface area contributed by atoms with Crippen LogP contribution in [0.4, 0.5) is 0 Å². The maximum Gasteiger partial charge on any atom is 0.347 e. The third kappa shape index (κ3) is 4.79. The maximum absolute atomic E-state index is 11.4. The van der Waals surface area contributed by atoms with E-state index in [0.717, 1.165) is 6.08 Å². The molecule has 0 aliphatic heterocycles. The average Bonchev–Trinajstić information content (AvgIpc) is 2.44. The summed E-state index contributed by atoms with van der Waals surface area (Å²) in [6, 6.07) is 3.78. The van der Waals surface area contributed by atoms with Gasteiger partial charge in [-0.1, -0.05) is 6.07 Å². The smallest absolute Gasteiger partial charge is 0.347 e. The summed E-state index contributed by atoms with van der Waals surface area (Å²) in [7, 11) is 0. The third-order valence-electron chi connectivity index (χ3n) is 2.43. The molecule has 0 heterocycles. The Hall–Kier alpha value is -2.58. The Labute approximate surface area is 119 Å². The molecule has 0 unspecified atom stereocenters. The van der Waals surface area contributed by atoms with E-state index >= 15 is 0 Å². The SMILES string of the molecule is O=C(/C=C/c1ccc(O)c(O)c1)O[C@H](C(=O)O)[C@@H](O)CO. The van der Waals surface area contributed by atoms with E-state index in [-0.39, 0.29) is 11.5 Å². The Balaban J connectivity index is 2.73. The van der Waals surface area contributed by atoms with Crippen LogP contribution in [-0.4, -0.2) is 56.3 Å². The summed E-state index contributed by atoms with van der Waals surface area (Å²) < 4.78 is 4.49. The average molecular weight is 298 g/mol. The standard InChI is InChI=1S/C13H14O8/c14-6-10(17)12(13(19)20)21-11(18)4-2-7-1-3-8(15)9(16)5-7/h1-5,10,12,14-17H,6H2,(H,19,20)/b4-2+/t10-,12-/m0/s1. The van der Waals surface area contributed by atoms with E-state index in [4.69, 9.17) is 15.3 Å². The second-order valence-corrected chi connectivity index (χ2v) is 4.03. The predicted molar refractivity (Wildman–Crippen MR) is 69.4 cm³/mol. The van der Waals surface area contributed by atoms with Gasteiger partial charge in [-0.15, -0.1) is 0 Å². The van der Waals surface area contributed by atoms with E-state index in [1.807, 2.05) is 0 Å². The molecule has 0 aromatic heterocycles. The number of aliphatic hydroxyl groups excluding tert-OH is 2. The molecule has 0 aliphatic rings. The molecule has 1 rings (SSSR count). The number of benzene rings is 1. The molecular weight excluding hydrogens is 284 g/mol. The summed E-state index contributed by atoms with van der Waals surface area (Å²) in [6.07, 6.45) is -1.53. The highest BCUT2D eigenvalue weighted by Gasteiger charge is 2.29. The highest BCUT2D eigenvalue weighted by Crippen LogP contribution is 2.25. The fraction of sp³-hybridized carbons (Fsp3) is 0.231. The Morgan fingerprint density at radius 1 is 1.24 bits per heavy atom. The fourth-order valence-electron chi connectivity index (χ4n) is 1.36. The zero-order valence-electron chi connectivity index (χ0n) is 10.7. The summed E-state index contributed by atoms with van der Waals surface area (Å²) in [5, 5.41) is 45.0. The lowest BCUT2D eigenvalue weighted by Gasteiger charge is -2.16. The topological polar surface area (TPSA) is 145 Å². The lowest BCUT2D eigenvalue weighted by Crippen LogP contribution is -2.40. The second-order valence-electron chi connectivity index (χ2n) is 4.03. The van der Waals surface area contributed by atoms with Crippen LogP contribution in [0.1, 0.15) is 5.56 Å². The summed E-state index contributed by atoms with van der Waals surface area (Å²) >= 11 is 0. The summed E-state index contributed by atoms with van der Waals surface area (Å²) in [5.41, 5.74) is 0.358. The molecule has 0 radical (unpaired) electrons. The van der Waals surface area contributed by atoms with Gasteiger partial charge in [0.25, 0.3) is 0 Å². The first-order chi connectivity index (χ1) is 9.85. The molecule has 0 spiro atoms. The van der Waals surface area contributed by atoms with Crippen molar-refractivity contribution >= 4 is 18.0 Å². The minimum absolute atomic E-state index is 0.327. The number of aliphatic hydroxyl groups is 2. The Morgan fingerprint density at radius 3 is 2.43 bits per heavy atom. The van der Waals surface area contributed by atoms with E-state index in [2.05, 4.69) is 4.74 Å². The molecule has 1 aromatic carbocycles. The quantitative estimate of drug-likeness (QED) is 0.267. The van der Waals surface area contributed by atoms with Gasteiger partial charge in [0, 0.05) is 6.08 Å². The first-order valence-electron chi connectivity index (χ1n) is 5.77. The van der Waals surface area contributed by atoms with Crippen LogP contribution in [0.25, 0.3) is 6.08 Å². The van der Waals surface area contributed by atoms with Crippen molar-refractivity contribution in [1.82, 2.24) is 0 Å². The number of phenols is 2. The number of hydrogen-bond acceptors (Lipinski definition) is 7. The molecule has 8 heteroatoms. The van der Waals surface area contributed by atoms with Crippen LogP contribution in [0.2, 0.25) is 0 Å². The van der Waals surface area contributed by atoms with Crippen molar-refractivity contribution in [1.29, 1.82) is 0 Å². The number of carbonyl (C=O) groups is 2. The van der Waals surface area contributed by atoms with Crippen LogP contribution >= 0.6 is 0 Å². The van der Waals surface area contributed by atoms with E-state index in [1.165, 1.54) is 24.3 Å². The van der Waals surface area contributed by atoms with E-state index in [9.17, 15) is 19.8 Å². The number of ether oxygens (including phenoxy) is 1. The highest BCUT2D eigenvalue weighted by molar-refractivity contribution is 5.89. The molecule has 0 bridgehead atoms. The first-order valence-corrected chi connectivity index (χ1v) is 5.77. The van der Waals surface area contributed by atoms with Crippen molar-refractivity contribution < 1.29 is 39.9 Å². The van der Waals surface area contributed by atoms with Gasteiger partial charge in [0.2, 0.25) is 6.10 Å². The number of esters is 1. The molecule has 0 amide bonds. The second kappa shape index (κ2) is 7.27. The van der Waals surface area contributed by atoms with Crippen molar-refractivity contribution in [2.75, 3.05) is 6.61 Å². The largest absolute Gasteiger partial charge is 0.504 e. The summed E-state index contributed by atoms with van der Waals surface area (Å²) in [5.74, 6) is -3.36. The van der Waals surface area contributed by atoms with Crippen molar-refractivity contribution in [3.8, 4) is 11.5 Å². The molecule has 114 valence electrons. The van der Waals surface area contributed by atoms with Gasteiger partial charge in [-0.3, -0.25) is 0 Å². The maximum atomic E-state index is 11.4. The van der Waals surface area contributed by atoms with Crippen LogP contribution in [-0.2, 0) is 14.3 Å². The lowest BCUT2D eigenvalue weighted by molar-refractivity contribution is -0.170. The van der Waals surface area contributed by atoms with Crippen molar-refractivity contribution in [2.24, 2.45) is 0 Å². The molecule has 2 atom stereocenters. The molecule has 5 N–H and O–H groups in total. The normalized spacial score (nSPS) is 13.8. The Bertz CT molecular complexity index is 551. The molecule has 0 fully saturated rings. The Morgan fingerprint density at radius 2 is 1.90 bits per heavy atom. The van der Waals surface area contributed by atoms with Gasteiger partial charge in [0.1, 0.15) is 6.10 Å². The van der Waals surface area contributed by atoms with Crippen LogP contribution in [0.15, 0.2) is 24.3 Å². The van der Waals surface area contributed by atoms with Crippen molar-refractivity contribution in [3.63, 3.8) is 0 Å². The summed E-state index contributed by atoms with van der Waals surface area (Å²) in [6.45, 7) is -0.875. The number of rotatable bonds is 6. The van der Waals surface area contributed by atoms with Gasteiger partial charge in [0.05, 0.1) is 6.61 Å². The van der Waals surface area contributed by atoms with Crippen LogP contribution < -0.4 is 0 Å². The van der Waals surface area contributed by atoms with Crippen LogP contribution in [0.3, 0.4) is 0 Å². The number of hydrogen-bond donors (Lipinski definition) is 5. The highest BCUT2D eigenvalue weighted by atomic mass is 16.6. The van der Waals surface area contributed by atoms with Gasteiger partial charge >= 0.3 is 11.9 Å². The number of carbonyl (C=O) groups excluding carboxylic acids is 1. The molecule has 8 nitrogen and oxygen atoms in total. The molecule has 0 saturated carbocycles. The molecule has 0 saturated heterocycles. The number of phenolic OH excluding ortho intramolecular Hbond substituents is 2. The number of carboxylic acids is 1. The van der Waals surface area contributed by atoms with Crippen molar-refractivity contribution in [2.45, 2.75) is 12.2 Å². The molecule has 21 heavy (non-hydrogen) atoms. The van der Waals surface area contributed by atoms with E-state index < -0.39 is 30.8 Å². The summed E-state index contributed by atoms with van der Waals surface area (Å²) in [4.78, 5) is 22.2. The van der Waals surface area contributed by atoms with Gasteiger partial charge in [-0.05, 0) is 23.8 Å². The van der Waals surface area contributed by atoms with Crippen molar-refractivity contribution in [3.05, 3.63) is 29.8 Å². The minimum atomic E-state index is -1.89.